The summed E-state index contributed by atoms with van der Waals surface area (Å²) in [4.78, 5) is 15.7. The molecule has 1 rings (SSSR count). The van der Waals surface area contributed by atoms with Crippen LogP contribution in [-0.4, -0.2) is 65.7 Å². The molecule has 5 nitrogen and oxygen atoms in total. The second-order valence-corrected chi connectivity index (χ2v) is 4.59. The Balaban J connectivity index is 2.55. The fourth-order valence-electron chi connectivity index (χ4n) is 2.71. The molecule has 1 aliphatic heterocycles. The van der Waals surface area contributed by atoms with Gasteiger partial charge in [0.1, 0.15) is 6.04 Å². The first-order chi connectivity index (χ1) is 8.13. The van der Waals surface area contributed by atoms with Crippen LogP contribution in [0, 0.1) is 0 Å². The molecule has 1 fully saturated rings. The van der Waals surface area contributed by atoms with Crippen molar-refractivity contribution in [2.45, 2.75) is 38.8 Å². The van der Waals surface area contributed by atoms with E-state index in [-0.39, 0.29) is 0 Å². The Kier molecular flexibility index (Phi) is 5.88. The molecule has 0 aromatic heterocycles. The average molecular weight is 243 g/mol. The van der Waals surface area contributed by atoms with Gasteiger partial charge in [-0.3, -0.25) is 14.6 Å². The van der Waals surface area contributed by atoms with E-state index in [1.165, 1.54) is 0 Å². The van der Waals surface area contributed by atoms with Crippen molar-refractivity contribution in [1.29, 1.82) is 0 Å². The molecule has 0 radical (unpaired) electrons. The Bertz CT molecular complexity index is 244. The lowest BCUT2D eigenvalue weighted by Gasteiger charge is -2.28. The molecule has 5 heteroatoms. The van der Waals surface area contributed by atoms with Gasteiger partial charge < -0.3 is 10.8 Å². The van der Waals surface area contributed by atoms with Crippen molar-refractivity contribution < 1.29 is 9.90 Å². The Morgan fingerprint density at radius 3 is 2.65 bits per heavy atom. The van der Waals surface area contributed by atoms with E-state index in [9.17, 15) is 9.90 Å². The Labute approximate surface area is 104 Å². The molecule has 0 spiro atoms. The maximum Gasteiger partial charge on any atom is 0.320 e. The first kappa shape index (κ1) is 14.4. The summed E-state index contributed by atoms with van der Waals surface area (Å²) in [6.45, 7) is 8.54. The molecule has 100 valence electrons. The van der Waals surface area contributed by atoms with E-state index in [4.69, 9.17) is 5.73 Å². The molecule has 1 aliphatic rings. The smallest absolute Gasteiger partial charge is 0.320 e. The summed E-state index contributed by atoms with van der Waals surface area (Å²) < 4.78 is 0. The van der Waals surface area contributed by atoms with Crippen LogP contribution in [0.5, 0.6) is 0 Å². The van der Waals surface area contributed by atoms with Gasteiger partial charge in [-0.1, -0.05) is 13.8 Å². The highest BCUT2D eigenvalue weighted by molar-refractivity contribution is 5.73. The van der Waals surface area contributed by atoms with E-state index in [0.717, 1.165) is 32.6 Å². The molecular weight excluding hydrogens is 218 g/mol. The van der Waals surface area contributed by atoms with Crippen molar-refractivity contribution >= 4 is 5.97 Å². The van der Waals surface area contributed by atoms with Crippen LogP contribution in [0.1, 0.15) is 26.7 Å². The number of carboxylic acids is 1. The molecule has 17 heavy (non-hydrogen) atoms. The van der Waals surface area contributed by atoms with E-state index in [1.807, 2.05) is 0 Å². The summed E-state index contributed by atoms with van der Waals surface area (Å²) in [5, 5.41) is 9.19. The number of carboxylic acid groups (broad SMARTS) is 1. The maximum atomic E-state index is 11.2. The van der Waals surface area contributed by atoms with E-state index in [0.29, 0.717) is 19.0 Å². The fraction of sp³-hybridized carbons (Fsp3) is 0.917. The van der Waals surface area contributed by atoms with Crippen LogP contribution in [0.15, 0.2) is 0 Å². The van der Waals surface area contributed by atoms with Crippen LogP contribution in [0.3, 0.4) is 0 Å². The fourth-order valence-corrected chi connectivity index (χ4v) is 2.71. The third-order valence-corrected chi connectivity index (χ3v) is 3.69. The lowest BCUT2D eigenvalue weighted by Crippen LogP contribution is -2.44. The van der Waals surface area contributed by atoms with E-state index in [1.54, 1.807) is 0 Å². The standard InChI is InChI=1S/C12H25N3O2/c1-3-14(4-2)10-6-8-15(9-10)11(5-7-13)12(16)17/h10-11H,3-9,13H2,1-2H3,(H,16,17). The van der Waals surface area contributed by atoms with E-state index in [2.05, 4.69) is 23.6 Å². The molecule has 3 N–H and O–H groups in total. The molecule has 2 atom stereocenters. The third-order valence-electron chi connectivity index (χ3n) is 3.69. The zero-order valence-corrected chi connectivity index (χ0v) is 10.9. The molecule has 0 bridgehead atoms. The lowest BCUT2D eigenvalue weighted by atomic mass is 10.2. The third kappa shape index (κ3) is 3.66. The van der Waals surface area contributed by atoms with Crippen LogP contribution >= 0.6 is 0 Å². The molecule has 0 aliphatic carbocycles. The number of likely N-dealkylation sites (tertiary alicyclic amines) is 1. The van der Waals surface area contributed by atoms with Gasteiger partial charge in [-0.15, -0.1) is 0 Å². The van der Waals surface area contributed by atoms with E-state index < -0.39 is 12.0 Å². The normalized spacial score (nSPS) is 23.2. The number of hydrogen-bond acceptors (Lipinski definition) is 4. The summed E-state index contributed by atoms with van der Waals surface area (Å²) in [5.74, 6) is -0.740. The molecule has 1 heterocycles. The first-order valence-corrected chi connectivity index (χ1v) is 6.54. The predicted octanol–water partition coefficient (Wildman–Crippen LogP) is 0.205. The van der Waals surface area contributed by atoms with Gasteiger partial charge in [0.15, 0.2) is 0 Å². The molecule has 0 saturated carbocycles. The molecule has 2 unspecified atom stereocenters. The number of aliphatic carboxylic acids is 1. The summed E-state index contributed by atoms with van der Waals surface area (Å²) >= 11 is 0. The molecule has 0 amide bonds. The maximum absolute atomic E-state index is 11.2. The number of carbonyl (C=O) groups is 1. The highest BCUT2D eigenvalue weighted by Gasteiger charge is 2.33. The molecule has 0 aromatic rings. The van der Waals surface area contributed by atoms with Gasteiger partial charge >= 0.3 is 5.97 Å². The highest BCUT2D eigenvalue weighted by Crippen LogP contribution is 2.19. The van der Waals surface area contributed by atoms with Crippen molar-refractivity contribution in [2.75, 3.05) is 32.7 Å². The average Bonchev–Trinajstić information content (AvgIpc) is 2.76. The highest BCUT2D eigenvalue weighted by atomic mass is 16.4. The summed E-state index contributed by atoms with van der Waals surface area (Å²) in [7, 11) is 0. The van der Waals surface area contributed by atoms with Gasteiger partial charge in [0.25, 0.3) is 0 Å². The number of likely N-dealkylation sites (N-methyl/N-ethyl adjacent to an activating group) is 1. The number of nitrogens with zero attached hydrogens (tertiary/aromatic N) is 2. The largest absolute Gasteiger partial charge is 0.480 e. The summed E-state index contributed by atoms with van der Waals surface area (Å²) in [5.41, 5.74) is 5.48. The molecule has 1 saturated heterocycles. The quantitative estimate of drug-likeness (QED) is 0.668. The zero-order chi connectivity index (χ0) is 12.8. The minimum absolute atomic E-state index is 0.402. The van der Waals surface area contributed by atoms with Crippen LogP contribution in [0.25, 0.3) is 0 Å². The number of rotatable bonds is 7. The van der Waals surface area contributed by atoms with Crippen molar-refractivity contribution in [3.63, 3.8) is 0 Å². The SMILES string of the molecule is CCN(CC)C1CCN(C(CCN)C(=O)O)C1. The second kappa shape index (κ2) is 6.93. The minimum atomic E-state index is -0.740. The number of nitrogens with two attached hydrogens (primary N) is 1. The Hall–Kier alpha value is -0.650. The monoisotopic (exact) mass is 243 g/mol. The van der Waals surface area contributed by atoms with Crippen LogP contribution < -0.4 is 5.73 Å². The number of hydrogen-bond donors (Lipinski definition) is 2. The Morgan fingerprint density at radius 2 is 2.18 bits per heavy atom. The lowest BCUT2D eigenvalue weighted by molar-refractivity contribution is -0.143. The molecular formula is C12H25N3O2. The second-order valence-electron chi connectivity index (χ2n) is 4.59. The van der Waals surface area contributed by atoms with Crippen LogP contribution in [0.2, 0.25) is 0 Å². The zero-order valence-electron chi connectivity index (χ0n) is 10.9. The topological polar surface area (TPSA) is 69.8 Å². The van der Waals surface area contributed by atoms with Gasteiger partial charge in [0, 0.05) is 19.1 Å². The predicted molar refractivity (Wildman–Crippen MR) is 68.0 cm³/mol. The van der Waals surface area contributed by atoms with E-state index >= 15 is 0 Å². The van der Waals surface area contributed by atoms with Gasteiger partial charge in [0.2, 0.25) is 0 Å². The van der Waals surface area contributed by atoms with Gasteiger partial charge in [-0.05, 0) is 32.5 Å². The first-order valence-electron chi connectivity index (χ1n) is 6.54. The van der Waals surface area contributed by atoms with Gasteiger partial charge in [-0.2, -0.15) is 0 Å². The Morgan fingerprint density at radius 1 is 1.53 bits per heavy atom. The molecule has 0 aromatic carbocycles. The van der Waals surface area contributed by atoms with Crippen molar-refractivity contribution in [3.8, 4) is 0 Å². The minimum Gasteiger partial charge on any atom is -0.480 e. The van der Waals surface area contributed by atoms with Gasteiger partial charge in [-0.25, -0.2) is 0 Å². The van der Waals surface area contributed by atoms with Crippen molar-refractivity contribution in [1.82, 2.24) is 9.80 Å². The summed E-state index contributed by atoms with van der Waals surface area (Å²) in [6.07, 6.45) is 1.61. The van der Waals surface area contributed by atoms with Gasteiger partial charge in [0.05, 0.1) is 0 Å². The van der Waals surface area contributed by atoms with Crippen molar-refractivity contribution in [3.05, 3.63) is 0 Å². The summed E-state index contributed by atoms with van der Waals surface area (Å²) in [6, 6.07) is 0.102. The van der Waals surface area contributed by atoms with Crippen LogP contribution in [-0.2, 0) is 4.79 Å². The van der Waals surface area contributed by atoms with Crippen LogP contribution in [0.4, 0.5) is 0 Å². The van der Waals surface area contributed by atoms with Crippen molar-refractivity contribution in [2.24, 2.45) is 5.73 Å².